The van der Waals surface area contributed by atoms with Gasteiger partial charge in [0.05, 0.1) is 12.2 Å². The Hall–Kier alpha value is -1.10. The second-order valence-corrected chi connectivity index (χ2v) is 5.76. The molecule has 2 rings (SSSR count). The number of phenolic OH excluding ortho intramolecular Hbond substituents is 1. The Morgan fingerprint density at radius 2 is 2.20 bits per heavy atom. The Morgan fingerprint density at radius 1 is 1.45 bits per heavy atom. The third-order valence-electron chi connectivity index (χ3n) is 3.87. The topological polar surface area (TPSA) is 60.8 Å². The van der Waals surface area contributed by atoms with Crippen LogP contribution in [0.4, 0.5) is 0 Å². The highest BCUT2D eigenvalue weighted by atomic mass is 35.5. The Bertz CT molecular complexity index is 504. The SMILES string of the molecule is CC(=O)c1cc(Cl)cc(CN2CCCCC2CO)c1O. The van der Waals surface area contributed by atoms with Crippen LogP contribution >= 0.6 is 11.6 Å². The van der Waals surface area contributed by atoms with Gasteiger partial charge in [-0.1, -0.05) is 18.0 Å². The number of aliphatic hydroxyl groups excluding tert-OH is 1. The van der Waals surface area contributed by atoms with Crippen molar-refractivity contribution in [2.45, 2.75) is 38.8 Å². The van der Waals surface area contributed by atoms with Crippen molar-refractivity contribution in [2.75, 3.05) is 13.2 Å². The van der Waals surface area contributed by atoms with Crippen LogP contribution in [0, 0.1) is 0 Å². The number of aliphatic hydroxyl groups is 1. The highest BCUT2D eigenvalue weighted by Crippen LogP contribution is 2.30. The monoisotopic (exact) mass is 297 g/mol. The molecule has 1 aromatic carbocycles. The van der Waals surface area contributed by atoms with Gasteiger partial charge < -0.3 is 10.2 Å². The van der Waals surface area contributed by atoms with Crippen LogP contribution in [0.15, 0.2) is 12.1 Å². The number of likely N-dealkylation sites (tertiary alicyclic amines) is 1. The first-order valence-electron chi connectivity index (χ1n) is 6.90. The largest absolute Gasteiger partial charge is 0.507 e. The molecule has 1 aliphatic heterocycles. The zero-order valence-electron chi connectivity index (χ0n) is 11.6. The van der Waals surface area contributed by atoms with Crippen molar-refractivity contribution in [2.24, 2.45) is 0 Å². The average Bonchev–Trinajstić information content (AvgIpc) is 2.42. The normalized spacial score (nSPS) is 20.1. The number of benzene rings is 1. The summed E-state index contributed by atoms with van der Waals surface area (Å²) in [5, 5.41) is 20.1. The van der Waals surface area contributed by atoms with E-state index in [0.717, 1.165) is 25.8 Å². The number of nitrogens with zero attached hydrogens (tertiary/aromatic N) is 1. The smallest absolute Gasteiger partial charge is 0.163 e. The number of ketones is 1. The summed E-state index contributed by atoms with van der Waals surface area (Å²) in [4.78, 5) is 13.6. The quantitative estimate of drug-likeness (QED) is 0.839. The molecule has 1 atom stereocenters. The molecule has 1 heterocycles. The molecule has 0 aliphatic carbocycles. The number of aromatic hydroxyl groups is 1. The Labute approximate surface area is 124 Å². The van der Waals surface area contributed by atoms with Crippen molar-refractivity contribution < 1.29 is 15.0 Å². The van der Waals surface area contributed by atoms with Gasteiger partial charge in [0.25, 0.3) is 0 Å². The van der Waals surface area contributed by atoms with E-state index in [9.17, 15) is 15.0 Å². The van der Waals surface area contributed by atoms with E-state index < -0.39 is 0 Å². The fourth-order valence-electron chi connectivity index (χ4n) is 2.74. The number of carbonyl (C=O) groups is 1. The third-order valence-corrected chi connectivity index (χ3v) is 4.08. The molecule has 1 saturated heterocycles. The summed E-state index contributed by atoms with van der Waals surface area (Å²) in [5.74, 6) is -0.201. The van der Waals surface area contributed by atoms with E-state index in [0.29, 0.717) is 17.1 Å². The Kier molecular flexibility index (Phi) is 5.02. The molecule has 0 spiro atoms. The first kappa shape index (κ1) is 15.3. The molecule has 1 aliphatic rings. The zero-order valence-corrected chi connectivity index (χ0v) is 12.4. The first-order chi connectivity index (χ1) is 9.52. The summed E-state index contributed by atoms with van der Waals surface area (Å²) in [6, 6.07) is 3.29. The summed E-state index contributed by atoms with van der Waals surface area (Å²) in [5.41, 5.74) is 0.896. The lowest BCUT2D eigenvalue weighted by Gasteiger charge is -2.34. The number of Topliss-reactive ketones (excluding diaryl/α,β-unsaturated/α-hetero) is 1. The molecule has 0 bridgehead atoms. The van der Waals surface area contributed by atoms with Gasteiger partial charge in [0.1, 0.15) is 5.75 Å². The van der Waals surface area contributed by atoms with Crippen LogP contribution in [0.2, 0.25) is 5.02 Å². The maximum absolute atomic E-state index is 11.5. The van der Waals surface area contributed by atoms with Gasteiger partial charge in [-0.05, 0) is 38.4 Å². The van der Waals surface area contributed by atoms with Gasteiger partial charge in [-0.15, -0.1) is 0 Å². The summed E-state index contributed by atoms with van der Waals surface area (Å²) >= 11 is 6.02. The number of carbonyl (C=O) groups excluding carboxylic acids is 1. The predicted octanol–water partition coefficient (Wildman–Crippen LogP) is 2.60. The molecule has 20 heavy (non-hydrogen) atoms. The van der Waals surface area contributed by atoms with Gasteiger partial charge in [-0.3, -0.25) is 9.69 Å². The summed E-state index contributed by atoms with van der Waals surface area (Å²) in [7, 11) is 0. The minimum atomic E-state index is -0.205. The lowest BCUT2D eigenvalue weighted by molar-refractivity contribution is 0.0833. The van der Waals surface area contributed by atoms with Crippen LogP contribution in [-0.4, -0.2) is 40.1 Å². The molecule has 2 N–H and O–H groups in total. The molecule has 4 nitrogen and oxygen atoms in total. The van der Waals surface area contributed by atoms with Gasteiger partial charge in [-0.2, -0.15) is 0 Å². The van der Waals surface area contributed by atoms with E-state index in [-0.39, 0.29) is 29.7 Å². The average molecular weight is 298 g/mol. The maximum Gasteiger partial charge on any atom is 0.163 e. The van der Waals surface area contributed by atoms with E-state index in [4.69, 9.17) is 11.6 Å². The van der Waals surface area contributed by atoms with Crippen molar-refractivity contribution >= 4 is 17.4 Å². The fraction of sp³-hybridized carbons (Fsp3) is 0.533. The van der Waals surface area contributed by atoms with Crippen molar-refractivity contribution in [3.05, 3.63) is 28.3 Å². The Morgan fingerprint density at radius 3 is 2.85 bits per heavy atom. The van der Waals surface area contributed by atoms with Crippen molar-refractivity contribution in [3.63, 3.8) is 0 Å². The molecule has 1 aromatic rings. The van der Waals surface area contributed by atoms with E-state index in [2.05, 4.69) is 4.90 Å². The summed E-state index contributed by atoms with van der Waals surface area (Å²) in [6.07, 6.45) is 3.15. The minimum absolute atomic E-state index is 0.00385. The lowest BCUT2D eigenvalue weighted by Crippen LogP contribution is -2.41. The fourth-order valence-corrected chi connectivity index (χ4v) is 2.98. The van der Waals surface area contributed by atoms with Gasteiger partial charge >= 0.3 is 0 Å². The van der Waals surface area contributed by atoms with Crippen LogP contribution in [0.5, 0.6) is 5.75 Å². The van der Waals surface area contributed by atoms with Gasteiger partial charge in [0, 0.05) is 23.2 Å². The highest BCUT2D eigenvalue weighted by Gasteiger charge is 2.23. The number of hydrogen-bond donors (Lipinski definition) is 2. The third kappa shape index (κ3) is 3.32. The van der Waals surface area contributed by atoms with E-state index in [1.54, 1.807) is 6.07 Å². The zero-order chi connectivity index (χ0) is 14.7. The molecule has 0 radical (unpaired) electrons. The molecular formula is C15H20ClNO3. The standard InChI is InChI=1S/C15H20ClNO3/c1-10(19)14-7-12(16)6-11(15(14)20)8-17-5-3-2-4-13(17)9-18/h6-7,13,18,20H,2-5,8-9H2,1H3. The van der Waals surface area contributed by atoms with Gasteiger partial charge in [0.15, 0.2) is 5.78 Å². The van der Waals surface area contributed by atoms with Crippen LogP contribution in [0.25, 0.3) is 0 Å². The molecular weight excluding hydrogens is 278 g/mol. The molecule has 110 valence electrons. The van der Waals surface area contributed by atoms with Crippen LogP contribution < -0.4 is 0 Å². The Balaban J connectivity index is 2.26. The van der Waals surface area contributed by atoms with Crippen molar-refractivity contribution in [3.8, 4) is 5.75 Å². The highest BCUT2D eigenvalue weighted by molar-refractivity contribution is 6.31. The number of piperidine rings is 1. The first-order valence-corrected chi connectivity index (χ1v) is 7.28. The molecule has 0 aromatic heterocycles. The minimum Gasteiger partial charge on any atom is -0.507 e. The van der Waals surface area contributed by atoms with Gasteiger partial charge in [-0.25, -0.2) is 0 Å². The predicted molar refractivity (Wildman–Crippen MR) is 78.3 cm³/mol. The van der Waals surface area contributed by atoms with Crippen molar-refractivity contribution in [1.29, 1.82) is 0 Å². The number of rotatable bonds is 4. The van der Waals surface area contributed by atoms with Gasteiger partial charge in [0.2, 0.25) is 0 Å². The van der Waals surface area contributed by atoms with Crippen LogP contribution in [-0.2, 0) is 6.54 Å². The summed E-state index contributed by atoms with van der Waals surface area (Å²) in [6.45, 7) is 2.90. The molecule has 1 unspecified atom stereocenters. The second kappa shape index (κ2) is 6.57. The van der Waals surface area contributed by atoms with E-state index in [1.165, 1.54) is 13.0 Å². The molecule has 5 heteroatoms. The number of hydrogen-bond acceptors (Lipinski definition) is 4. The molecule has 0 amide bonds. The number of phenols is 1. The molecule has 0 saturated carbocycles. The lowest BCUT2D eigenvalue weighted by atomic mass is 10.00. The second-order valence-electron chi connectivity index (χ2n) is 5.32. The van der Waals surface area contributed by atoms with Crippen LogP contribution in [0.1, 0.15) is 42.1 Å². The van der Waals surface area contributed by atoms with Crippen LogP contribution in [0.3, 0.4) is 0 Å². The van der Waals surface area contributed by atoms with Crippen molar-refractivity contribution in [1.82, 2.24) is 4.90 Å². The van der Waals surface area contributed by atoms with E-state index >= 15 is 0 Å². The maximum atomic E-state index is 11.5. The number of halogens is 1. The van der Waals surface area contributed by atoms with E-state index in [1.807, 2.05) is 0 Å². The summed E-state index contributed by atoms with van der Waals surface area (Å²) < 4.78 is 0. The molecule has 1 fully saturated rings.